The van der Waals surface area contributed by atoms with Crippen molar-refractivity contribution in [3.63, 3.8) is 0 Å². The molecule has 2 aliphatic rings. The zero-order valence-electron chi connectivity index (χ0n) is 22.4. The smallest absolute Gasteiger partial charge is 0.339 e. The largest absolute Gasteiger partial charge is 0.486 e. The van der Waals surface area contributed by atoms with E-state index in [9.17, 15) is 9.18 Å². The third-order valence-corrected chi connectivity index (χ3v) is 7.05. The van der Waals surface area contributed by atoms with Crippen LogP contribution in [0, 0.1) is 5.82 Å². The molecular weight excluding hydrogens is 567 g/mol. The molecule has 12 nitrogen and oxygen atoms in total. The number of halogens is 2. The van der Waals surface area contributed by atoms with E-state index in [1.807, 2.05) is 23.0 Å². The molecule has 1 atom stereocenters. The number of hydrazone groups is 1. The lowest BCUT2D eigenvalue weighted by Gasteiger charge is -2.30. The number of nitrogens with zero attached hydrogens (tertiary/aromatic N) is 5. The Balaban J connectivity index is 1.23. The number of hydrogen-bond donors (Lipinski definition) is 3. The highest BCUT2D eigenvalue weighted by atomic mass is 35.5. The molecule has 4 aromatic rings. The summed E-state index contributed by atoms with van der Waals surface area (Å²) in [5.74, 6) is 0.332. The van der Waals surface area contributed by atoms with E-state index in [2.05, 4.69) is 36.1 Å². The molecular formula is C28H28ClFN8O4. The molecule has 0 bridgehead atoms. The van der Waals surface area contributed by atoms with Crippen molar-refractivity contribution in [3.8, 4) is 5.75 Å². The van der Waals surface area contributed by atoms with E-state index in [4.69, 9.17) is 25.8 Å². The summed E-state index contributed by atoms with van der Waals surface area (Å²) >= 11 is 5.96. The molecule has 1 unspecified atom stereocenters. The van der Waals surface area contributed by atoms with Crippen LogP contribution in [0.1, 0.15) is 12.1 Å². The number of aromatic nitrogens is 3. The molecule has 0 saturated carbocycles. The number of carbonyl (C=O) groups excluding carboxylic acids is 1. The molecule has 42 heavy (non-hydrogen) atoms. The number of nitrogens with one attached hydrogen (secondary N) is 3. The number of morpholine rings is 1. The first kappa shape index (κ1) is 27.7. The van der Waals surface area contributed by atoms with Gasteiger partial charge in [-0.1, -0.05) is 11.6 Å². The molecule has 2 aromatic heterocycles. The van der Waals surface area contributed by atoms with E-state index in [1.54, 1.807) is 24.4 Å². The van der Waals surface area contributed by atoms with Crippen molar-refractivity contribution in [3.05, 3.63) is 71.5 Å². The van der Waals surface area contributed by atoms with Crippen LogP contribution in [-0.4, -0.2) is 72.5 Å². The first-order valence-electron chi connectivity index (χ1n) is 13.4. The van der Waals surface area contributed by atoms with Gasteiger partial charge < -0.3 is 29.9 Å². The third kappa shape index (κ3) is 6.38. The summed E-state index contributed by atoms with van der Waals surface area (Å²) in [4.78, 5) is 21.7. The minimum Gasteiger partial charge on any atom is -0.486 e. The van der Waals surface area contributed by atoms with Crippen LogP contribution in [0.15, 0.2) is 60.1 Å². The van der Waals surface area contributed by atoms with Gasteiger partial charge in [-0.2, -0.15) is 5.10 Å². The lowest BCUT2D eigenvalue weighted by atomic mass is 10.1. The van der Waals surface area contributed by atoms with Crippen LogP contribution in [0.25, 0.3) is 10.9 Å². The van der Waals surface area contributed by atoms with Crippen LogP contribution in [-0.2, 0) is 9.47 Å². The first-order chi connectivity index (χ1) is 20.5. The van der Waals surface area contributed by atoms with Gasteiger partial charge in [0.05, 0.1) is 67.7 Å². The maximum absolute atomic E-state index is 13.7. The Morgan fingerprint density at radius 1 is 1.14 bits per heavy atom. The van der Waals surface area contributed by atoms with E-state index in [-0.39, 0.29) is 11.1 Å². The predicted octanol–water partition coefficient (Wildman–Crippen LogP) is 4.26. The second kappa shape index (κ2) is 12.6. The summed E-state index contributed by atoms with van der Waals surface area (Å²) in [6.07, 6.45) is 5.47. The second-order valence-electron chi connectivity index (χ2n) is 9.61. The fourth-order valence-electron chi connectivity index (χ4n) is 4.70. The van der Waals surface area contributed by atoms with Gasteiger partial charge in [-0.15, -0.1) is 0 Å². The average Bonchev–Trinajstić information content (AvgIpc) is 3.69. The Hall–Kier alpha value is -4.46. The molecule has 6 rings (SSSR count). The number of ether oxygens (including phenoxy) is 3. The standard InChI is InChI=1S/C28H28ClFN8O4/c29-22-12-18(3-4-23(22)30)34-27-21-13-25(26(14-24(21)31-17-32-27)42-20-5-9-41-16-20)35-28(39)36-33-15-19-2-1-6-38(19)37-7-10-40-11-8-37/h1-4,6,12-15,17,20H,5,7-11,16H2,(H,31,32,34)(H2,35,36,39)/b33-15+. The zero-order chi connectivity index (χ0) is 28.9. The van der Waals surface area contributed by atoms with Crippen molar-refractivity contribution in [1.29, 1.82) is 0 Å². The molecule has 218 valence electrons. The van der Waals surface area contributed by atoms with Crippen LogP contribution in [0.5, 0.6) is 5.75 Å². The monoisotopic (exact) mass is 594 g/mol. The number of amides is 2. The number of carbonyl (C=O) groups is 1. The van der Waals surface area contributed by atoms with Crippen LogP contribution in [0.4, 0.5) is 26.4 Å². The van der Waals surface area contributed by atoms with Gasteiger partial charge in [0.15, 0.2) is 0 Å². The Labute approximate surface area is 245 Å². The fourth-order valence-corrected chi connectivity index (χ4v) is 4.88. The Morgan fingerprint density at radius 3 is 2.83 bits per heavy atom. The number of rotatable bonds is 8. The summed E-state index contributed by atoms with van der Waals surface area (Å²) in [6.45, 7) is 3.86. The second-order valence-corrected chi connectivity index (χ2v) is 10.0. The topological polar surface area (TPSA) is 127 Å². The van der Waals surface area contributed by atoms with Crippen molar-refractivity contribution in [2.75, 3.05) is 55.2 Å². The average molecular weight is 595 g/mol. The van der Waals surface area contributed by atoms with Gasteiger partial charge in [0.2, 0.25) is 0 Å². The molecule has 2 aromatic carbocycles. The number of urea groups is 1. The van der Waals surface area contributed by atoms with Crippen LogP contribution in [0.2, 0.25) is 5.02 Å². The van der Waals surface area contributed by atoms with Gasteiger partial charge in [0, 0.05) is 29.8 Å². The molecule has 0 spiro atoms. The van der Waals surface area contributed by atoms with Crippen molar-refractivity contribution < 1.29 is 23.4 Å². The van der Waals surface area contributed by atoms with Gasteiger partial charge in [0.25, 0.3) is 0 Å². The first-order valence-corrected chi connectivity index (χ1v) is 13.8. The van der Waals surface area contributed by atoms with Gasteiger partial charge in [0.1, 0.15) is 29.8 Å². The third-order valence-electron chi connectivity index (χ3n) is 6.76. The zero-order valence-corrected chi connectivity index (χ0v) is 23.2. The normalized spacial score (nSPS) is 17.1. The molecule has 2 amide bonds. The Kier molecular flexibility index (Phi) is 8.30. The van der Waals surface area contributed by atoms with Gasteiger partial charge >= 0.3 is 6.03 Å². The van der Waals surface area contributed by atoms with Crippen molar-refractivity contribution in [2.45, 2.75) is 12.5 Å². The summed E-state index contributed by atoms with van der Waals surface area (Å²) in [6, 6.07) is 11.0. The van der Waals surface area contributed by atoms with E-state index in [0.29, 0.717) is 60.3 Å². The number of anilines is 3. The highest BCUT2D eigenvalue weighted by Gasteiger charge is 2.21. The Morgan fingerprint density at radius 2 is 2.02 bits per heavy atom. The quantitative estimate of drug-likeness (QED) is 0.204. The van der Waals surface area contributed by atoms with E-state index < -0.39 is 11.8 Å². The lowest BCUT2D eigenvalue weighted by Crippen LogP contribution is -2.44. The summed E-state index contributed by atoms with van der Waals surface area (Å²) < 4.78 is 32.7. The van der Waals surface area contributed by atoms with E-state index >= 15 is 0 Å². The van der Waals surface area contributed by atoms with Crippen molar-refractivity contribution >= 4 is 51.9 Å². The van der Waals surface area contributed by atoms with Gasteiger partial charge in [-0.3, -0.25) is 4.68 Å². The minimum absolute atomic E-state index is 0.0235. The highest BCUT2D eigenvalue weighted by molar-refractivity contribution is 6.31. The van der Waals surface area contributed by atoms with Gasteiger partial charge in [-0.05, 0) is 36.4 Å². The minimum atomic E-state index is -0.570. The molecule has 0 aliphatic carbocycles. The molecule has 2 saturated heterocycles. The molecule has 0 radical (unpaired) electrons. The summed E-state index contributed by atoms with van der Waals surface area (Å²) in [5, 5.41) is 12.8. The van der Waals surface area contributed by atoms with E-state index in [1.165, 1.54) is 18.5 Å². The van der Waals surface area contributed by atoms with Crippen molar-refractivity contribution in [1.82, 2.24) is 20.1 Å². The highest BCUT2D eigenvalue weighted by Crippen LogP contribution is 2.35. The number of hydrogen-bond acceptors (Lipinski definition) is 9. The molecule has 3 N–H and O–H groups in total. The van der Waals surface area contributed by atoms with Crippen molar-refractivity contribution in [2.24, 2.45) is 5.10 Å². The maximum Gasteiger partial charge on any atom is 0.339 e. The fraction of sp³-hybridized carbons (Fsp3) is 0.286. The SMILES string of the molecule is O=C(N/N=C/c1cccn1N1CCOCC1)Nc1cc2c(Nc3ccc(F)c(Cl)c3)ncnc2cc1OC1CCOC1. The van der Waals surface area contributed by atoms with E-state index in [0.717, 1.165) is 25.2 Å². The molecule has 14 heteroatoms. The molecule has 2 aliphatic heterocycles. The predicted molar refractivity (Wildman–Crippen MR) is 157 cm³/mol. The maximum atomic E-state index is 13.7. The van der Waals surface area contributed by atoms with Gasteiger partial charge in [-0.25, -0.2) is 24.6 Å². The van der Waals surface area contributed by atoms with Crippen LogP contribution in [0.3, 0.4) is 0 Å². The van der Waals surface area contributed by atoms with Crippen LogP contribution >= 0.6 is 11.6 Å². The summed E-state index contributed by atoms with van der Waals surface area (Å²) in [7, 11) is 0. The summed E-state index contributed by atoms with van der Waals surface area (Å²) in [5.41, 5.74) is 4.82. The molecule has 2 fully saturated rings. The lowest BCUT2D eigenvalue weighted by molar-refractivity contribution is 0.111. The molecule has 4 heterocycles. The Bertz CT molecular complexity index is 1600. The number of benzene rings is 2. The number of fused-ring (bicyclic) bond motifs is 1. The van der Waals surface area contributed by atoms with Crippen LogP contribution < -0.4 is 25.8 Å².